The van der Waals surface area contributed by atoms with Crippen LogP contribution in [-0.2, 0) is 12.8 Å². The summed E-state index contributed by atoms with van der Waals surface area (Å²) < 4.78 is 6.32. The average Bonchev–Trinajstić information content (AvgIpc) is 2.85. The van der Waals surface area contributed by atoms with E-state index >= 15 is 0 Å². The number of anilines is 1. The van der Waals surface area contributed by atoms with Crippen LogP contribution in [0.25, 0.3) is 0 Å². The number of hydrogen-bond donors (Lipinski definition) is 1. The summed E-state index contributed by atoms with van der Waals surface area (Å²) in [7, 11) is 0. The number of hydrogen-bond acceptors (Lipinski definition) is 3. The molecule has 1 aliphatic rings. The molecule has 1 heterocycles. The Morgan fingerprint density at radius 1 is 1.48 bits per heavy atom. The van der Waals surface area contributed by atoms with Gasteiger partial charge in [0.25, 0.3) is 5.91 Å². The molecule has 0 bridgehead atoms. The second-order valence-corrected chi connectivity index (χ2v) is 6.61. The summed E-state index contributed by atoms with van der Waals surface area (Å²) in [5.41, 5.74) is 3.20. The van der Waals surface area contributed by atoms with Crippen molar-refractivity contribution in [2.24, 2.45) is 5.92 Å². The van der Waals surface area contributed by atoms with Crippen molar-refractivity contribution in [3.63, 3.8) is 0 Å². The van der Waals surface area contributed by atoms with E-state index in [0.717, 1.165) is 46.3 Å². The molecule has 0 unspecified atom stereocenters. The number of halogens is 1. The fourth-order valence-corrected chi connectivity index (χ4v) is 3.18. The molecule has 2 aromatic rings. The van der Waals surface area contributed by atoms with Crippen LogP contribution in [0.5, 0.6) is 0 Å². The highest BCUT2D eigenvalue weighted by atomic mass is 79.9. The third kappa shape index (κ3) is 2.88. The summed E-state index contributed by atoms with van der Waals surface area (Å²) in [6.07, 6.45) is 2.82. The third-order valence-electron chi connectivity index (χ3n) is 3.94. The quantitative estimate of drug-likeness (QED) is 0.887. The predicted octanol–water partition coefficient (Wildman–Crippen LogP) is 4.12. The lowest BCUT2D eigenvalue weighted by molar-refractivity contribution is 0.101. The van der Waals surface area contributed by atoms with Crippen LogP contribution in [0.15, 0.2) is 27.2 Å². The van der Waals surface area contributed by atoms with Crippen molar-refractivity contribution in [2.75, 3.05) is 5.32 Å². The summed E-state index contributed by atoms with van der Waals surface area (Å²) in [6.45, 7) is 4.15. The van der Waals surface area contributed by atoms with Gasteiger partial charge < -0.3 is 9.84 Å². The monoisotopic (exact) mass is 348 g/mol. The average molecular weight is 349 g/mol. The molecule has 1 N–H and O–H groups in total. The van der Waals surface area contributed by atoms with Gasteiger partial charge >= 0.3 is 0 Å². The number of aryl methyl sites for hydroxylation is 2. The molecule has 1 aromatic heterocycles. The number of rotatable bonds is 2. The van der Waals surface area contributed by atoms with Gasteiger partial charge in [0.15, 0.2) is 5.69 Å². The van der Waals surface area contributed by atoms with E-state index in [2.05, 4.69) is 33.3 Å². The summed E-state index contributed by atoms with van der Waals surface area (Å²) in [5.74, 6) is 1.24. The number of carbonyl (C=O) groups is 1. The van der Waals surface area contributed by atoms with Crippen molar-refractivity contribution in [3.05, 3.63) is 45.3 Å². The maximum absolute atomic E-state index is 12.4. The third-order valence-corrected chi connectivity index (χ3v) is 4.43. The number of nitrogens with zero attached hydrogens (tertiary/aromatic N) is 1. The highest BCUT2D eigenvalue weighted by Gasteiger charge is 2.27. The van der Waals surface area contributed by atoms with Gasteiger partial charge in [0.05, 0.1) is 0 Å². The molecule has 5 heteroatoms. The van der Waals surface area contributed by atoms with Gasteiger partial charge in [0, 0.05) is 22.1 Å². The van der Waals surface area contributed by atoms with Crippen LogP contribution in [0, 0.1) is 12.8 Å². The van der Waals surface area contributed by atoms with Crippen LogP contribution in [0.2, 0.25) is 0 Å². The summed E-state index contributed by atoms with van der Waals surface area (Å²) >= 11 is 3.42. The number of carbonyl (C=O) groups excluding carboxylic acids is 1. The topological polar surface area (TPSA) is 55.1 Å². The molecule has 3 rings (SSSR count). The molecule has 0 radical (unpaired) electrons. The first-order valence-corrected chi connectivity index (χ1v) is 7.89. The smallest absolute Gasteiger partial charge is 0.278 e. The molecule has 1 aromatic carbocycles. The lowest BCUT2D eigenvalue weighted by Crippen LogP contribution is -2.18. The van der Waals surface area contributed by atoms with Gasteiger partial charge in [-0.1, -0.05) is 28.0 Å². The van der Waals surface area contributed by atoms with Gasteiger partial charge in [-0.25, -0.2) is 0 Å². The van der Waals surface area contributed by atoms with E-state index in [1.807, 2.05) is 25.1 Å². The van der Waals surface area contributed by atoms with Gasteiger partial charge in [-0.15, -0.1) is 0 Å². The first kappa shape index (κ1) is 14.3. The molecule has 1 amide bonds. The number of aromatic nitrogens is 1. The van der Waals surface area contributed by atoms with Gasteiger partial charge in [-0.05, 0) is 49.4 Å². The van der Waals surface area contributed by atoms with Gasteiger partial charge in [-0.3, -0.25) is 4.79 Å². The van der Waals surface area contributed by atoms with Crippen molar-refractivity contribution in [1.82, 2.24) is 5.16 Å². The van der Waals surface area contributed by atoms with Crippen LogP contribution < -0.4 is 5.32 Å². The number of nitrogens with one attached hydrogen (secondary N) is 1. The molecule has 0 saturated carbocycles. The summed E-state index contributed by atoms with van der Waals surface area (Å²) in [4.78, 5) is 12.4. The van der Waals surface area contributed by atoms with Crippen molar-refractivity contribution >= 4 is 27.5 Å². The fraction of sp³-hybridized carbons (Fsp3) is 0.375. The second kappa shape index (κ2) is 5.64. The minimum absolute atomic E-state index is 0.195. The van der Waals surface area contributed by atoms with Crippen LogP contribution in [0.3, 0.4) is 0 Å². The minimum Gasteiger partial charge on any atom is -0.360 e. The lowest BCUT2D eigenvalue weighted by atomic mass is 9.88. The van der Waals surface area contributed by atoms with E-state index in [1.165, 1.54) is 0 Å². The Morgan fingerprint density at radius 2 is 2.29 bits per heavy atom. The van der Waals surface area contributed by atoms with Crippen molar-refractivity contribution < 1.29 is 9.32 Å². The molecule has 4 nitrogen and oxygen atoms in total. The standard InChI is InChI=1S/C16H17BrN2O2/c1-9-3-6-14-12(7-9)15(19-21-14)16(20)18-13-5-4-11(17)8-10(13)2/h4-5,8-9H,3,6-7H2,1-2H3,(H,18,20)/t9-/m1/s1. The molecule has 1 aliphatic carbocycles. The first-order chi connectivity index (χ1) is 10.0. The van der Waals surface area contributed by atoms with E-state index in [4.69, 9.17) is 4.52 Å². The van der Waals surface area contributed by atoms with E-state index < -0.39 is 0 Å². The normalized spacial score (nSPS) is 17.4. The first-order valence-electron chi connectivity index (χ1n) is 7.09. The molecular weight excluding hydrogens is 332 g/mol. The Bertz CT molecular complexity index is 694. The van der Waals surface area contributed by atoms with Crippen LogP contribution in [0.4, 0.5) is 5.69 Å². The van der Waals surface area contributed by atoms with Gasteiger partial charge in [0.1, 0.15) is 5.76 Å². The summed E-state index contributed by atoms with van der Waals surface area (Å²) in [5, 5.41) is 6.90. The molecule has 21 heavy (non-hydrogen) atoms. The van der Waals surface area contributed by atoms with Gasteiger partial charge in [0.2, 0.25) is 0 Å². The molecule has 0 aliphatic heterocycles. The molecule has 1 atom stereocenters. The Balaban J connectivity index is 1.85. The number of amides is 1. The van der Waals surface area contributed by atoms with E-state index in [9.17, 15) is 4.79 Å². The molecule has 0 spiro atoms. The Hall–Kier alpha value is -1.62. The number of benzene rings is 1. The molecule has 0 saturated heterocycles. The Labute approximate surface area is 132 Å². The highest BCUT2D eigenvalue weighted by Crippen LogP contribution is 2.28. The highest BCUT2D eigenvalue weighted by molar-refractivity contribution is 9.10. The van der Waals surface area contributed by atoms with Crippen molar-refractivity contribution in [2.45, 2.75) is 33.1 Å². The van der Waals surface area contributed by atoms with Gasteiger partial charge in [-0.2, -0.15) is 0 Å². The second-order valence-electron chi connectivity index (χ2n) is 5.69. The maximum atomic E-state index is 12.4. The van der Waals surface area contributed by atoms with Crippen LogP contribution in [0.1, 0.15) is 40.7 Å². The SMILES string of the molecule is Cc1cc(Br)ccc1NC(=O)c1noc2c1C[C@H](C)CC2. The zero-order valence-corrected chi connectivity index (χ0v) is 13.7. The largest absolute Gasteiger partial charge is 0.360 e. The zero-order valence-electron chi connectivity index (χ0n) is 12.1. The predicted molar refractivity (Wildman–Crippen MR) is 84.5 cm³/mol. The maximum Gasteiger partial charge on any atom is 0.278 e. The van der Waals surface area contributed by atoms with E-state index in [1.54, 1.807) is 0 Å². The van der Waals surface area contributed by atoms with Crippen LogP contribution in [-0.4, -0.2) is 11.1 Å². The molecular formula is C16H17BrN2O2. The lowest BCUT2D eigenvalue weighted by Gasteiger charge is -2.16. The van der Waals surface area contributed by atoms with Crippen LogP contribution >= 0.6 is 15.9 Å². The minimum atomic E-state index is -0.195. The van der Waals surface area contributed by atoms with Crippen molar-refractivity contribution in [1.29, 1.82) is 0 Å². The zero-order chi connectivity index (χ0) is 15.0. The van der Waals surface area contributed by atoms with Crippen molar-refractivity contribution in [3.8, 4) is 0 Å². The van der Waals surface area contributed by atoms with E-state index in [0.29, 0.717) is 11.6 Å². The number of fused-ring (bicyclic) bond motifs is 1. The Kier molecular flexibility index (Phi) is 3.85. The molecule has 110 valence electrons. The summed E-state index contributed by atoms with van der Waals surface area (Å²) in [6, 6.07) is 5.76. The van der Waals surface area contributed by atoms with E-state index in [-0.39, 0.29) is 5.91 Å². The molecule has 0 fully saturated rings. The fourth-order valence-electron chi connectivity index (χ4n) is 2.71. The Morgan fingerprint density at radius 3 is 3.05 bits per heavy atom.